The van der Waals surface area contributed by atoms with Crippen molar-refractivity contribution in [3.8, 4) is 5.75 Å². The quantitative estimate of drug-likeness (QED) is 0.117. The number of hydrogen-bond acceptors (Lipinski definition) is 6. The molecule has 1 amide bonds. The van der Waals surface area contributed by atoms with Crippen molar-refractivity contribution in [3.63, 3.8) is 0 Å². The number of carbonyl (C=O) groups is 3. The van der Waals surface area contributed by atoms with Crippen molar-refractivity contribution in [1.29, 1.82) is 0 Å². The minimum absolute atomic E-state index is 0.185. The molecule has 0 bridgehead atoms. The van der Waals surface area contributed by atoms with E-state index in [0.29, 0.717) is 11.3 Å². The van der Waals surface area contributed by atoms with E-state index in [-0.39, 0.29) is 23.5 Å². The molecule has 0 aliphatic rings. The third-order valence-electron chi connectivity index (χ3n) is 5.54. The Morgan fingerprint density at radius 2 is 1.45 bits per heavy atom. The van der Waals surface area contributed by atoms with E-state index < -0.39 is 18.0 Å². The molecule has 0 fully saturated rings. The molecule has 1 N–H and O–H groups in total. The van der Waals surface area contributed by atoms with E-state index >= 15 is 0 Å². The fraction of sp³-hybridized carbons (Fsp3) is 0.452. The predicted molar refractivity (Wildman–Crippen MR) is 149 cm³/mol. The summed E-state index contributed by atoms with van der Waals surface area (Å²) < 4.78 is 16.1. The van der Waals surface area contributed by atoms with E-state index in [1.54, 1.807) is 64.1 Å². The van der Waals surface area contributed by atoms with Crippen LogP contribution in [0, 0.1) is 0 Å². The van der Waals surface area contributed by atoms with Crippen molar-refractivity contribution < 1.29 is 28.6 Å². The van der Waals surface area contributed by atoms with Crippen molar-refractivity contribution in [2.24, 2.45) is 0 Å². The number of para-hydroxylation sites is 2. The van der Waals surface area contributed by atoms with Crippen LogP contribution in [0.5, 0.6) is 5.75 Å². The van der Waals surface area contributed by atoms with Gasteiger partial charge >= 0.3 is 11.9 Å². The first kappa shape index (κ1) is 30.6. The number of esters is 2. The average molecular weight is 524 g/mol. The van der Waals surface area contributed by atoms with Gasteiger partial charge in [0.05, 0.1) is 24.0 Å². The molecule has 206 valence electrons. The molecule has 2 rings (SSSR count). The van der Waals surface area contributed by atoms with Gasteiger partial charge in [-0.3, -0.25) is 4.79 Å². The smallest absolute Gasteiger partial charge is 0.374 e. The summed E-state index contributed by atoms with van der Waals surface area (Å²) in [6.07, 6.45) is 8.60. The van der Waals surface area contributed by atoms with Crippen LogP contribution in [-0.2, 0) is 25.5 Å². The average Bonchev–Trinajstić information content (AvgIpc) is 2.86. The summed E-state index contributed by atoms with van der Waals surface area (Å²) in [6, 6.07) is 14.2. The summed E-state index contributed by atoms with van der Waals surface area (Å²) >= 11 is 0. The molecule has 0 saturated heterocycles. The van der Waals surface area contributed by atoms with Crippen molar-refractivity contribution in [2.75, 3.05) is 5.32 Å². The molecule has 0 aromatic heterocycles. The molecule has 0 aliphatic carbocycles. The Bertz CT molecular complexity index is 1070. The van der Waals surface area contributed by atoms with Crippen molar-refractivity contribution in [1.82, 2.24) is 0 Å². The second-order valence-electron chi connectivity index (χ2n) is 9.72. The van der Waals surface area contributed by atoms with E-state index in [2.05, 4.69) is 12.2 Å². The Labute approximate surface area is 226 Å². The van der Waals surface area contributed by atoms with E-state index in [0.717, 1.165) is 18.9 Å². The van der Waals surface area contributed by atoms with Crippen LogP contribution in [0.2, 0.25) is 0 Å². The normalized spacial score (nSPS) is 11.4. The molecule has 0 heterocycles. The fourth-order valence-electron chi connectivity index (χ4n) is 3.68. The molecule has 0 aliphatic heterocycles. The molecular formula is C31H41NO6. The van der Waals surface area contributed by atoms with Gasteiger partial charge in [-0.25, -0.2) is 9.59 Å². The number of anilines is 1. The topological polar surface area (TPSA) is 90.9 Å². The van der Waals surface area contributed by atoms with Crippen LogP contribution in [0.1, 0.15) is 89.1 Å². The third kappa shape index (κ3) is 11.2. The molecule has 2 aromatic carbocycles. The molecule has 7 heteroatoms. The zero-order valence-corrected chi connectivity index (χ0v) is 23.3. The first-order chi connectivity index (χ1) is 18.2. The van der Waals surface area contributed by atoms with Crippen molar-refractivity contribution in [2.45, 2.75) is 91.8 Å². The Morgan fingerprint density at radius 1 is 0.816 bits per heavy atom. The number of carbonyl (C=O) groups excluding carboxylic acids is 3. The first-order valence-corrected chi connectivity index (χ1v) is 13.5. The Morgan fingerprint density at radius 3 is 2.11 bits per heavy atom. The minimum Gasteiger partial charge on any atom is -0.460 e. The highest BCUT2D eigenvalue weighted by Gasteiger charge is 2.20. The molecule has 0 radical (unpaired) electrons. The van der Waals surface area contributed by atoms with E-state index in [1.807, 2.05) is 12.1 Å². The standard InChI is InChI=1S/C31H41NO6/c1-6-7-8-9-10-11-14-24-17-19-25(20-18-24)30(34)32-26-15-12-13-16-27(26)38-28(31(35)37-23(4)5)21-29(33)36-22(2)3/h12-13,15-23H,6-11,14H2,1-5H3,(H,32,34)/b28-21-. The van der Waals surface area contributed by atoms with Crippen LogP contribution in [0.3, 0.4) is 0 Å². The lowest BCUT2D eigenvalue weighted by molar-refractivity contribution is -0.147. The summed E-state index contributed by atoms with van der Waals surface area (Å²) in [7, 11) is 0. The summed E-state index contributed by atoms with van der Waals surface area (Å²) in [5.41, 5.74) is 2.05. The zero-order valence-electron chi connectivity index (χ0n) is 23.3. The lowest BCUT2D eigenvalue weighted by Gasteiger charge is -2.15. The first-order valence-electron chi connectivity index (χ1n) is 13.5. The lowest BCUT2D eigenvalue weighted by atomic mass is 10.0. The number of ether oxygens (including phenoxy) is 3. The summed E-state index contributed by atoms with van der Waals surface area (Å²) in [4.78, 5) is 37.7. The zero-order chi connectivity index (χ0) is 27.9. The van der Waals surface area contributed by atoms with Crippen LogP contribution >= 0.6 is 0 Å². The fourth-order valence-corrected chi connectivity index (χ4v) is 3.68. The highest BCUT2D eigenvalue weighted by molar-refractivity contribution is 6.05. The van der Waals surface area contributed by atoms with Gasteiger partial charge in [0.15, 0.2) is 5.75 Å². The maximum Gasteiger partial charge on any atom is 0.374 e. The number of hydrogen-bond donors (Lipinski definition) is 1. The second-order valence-corrected chi connectivity index (χ2v) is 9.72. The predicted octanol–water partition coefficient (Wildman–Crippen LogP) is 7.01. The molecular weight excluding hydrogens is 482 g/mol. The molecule has 0 saturated carbocycles. The molecule has 7 nitrogen and oxygen atoms in total. The largest absolute Gasteiger partial charge is 0.460 e. The van der Waals surface area contributed by atoms with Crippen LogP contribution in [0.15, 0.2) is 60.4 Å². The number of unbranched alkanes of at least 4 members (excludes halogenated alkanes) is 5. The van der Waals surface area contributed by atoms with E-state index in [1.165, 1.54) is 37.7 Å². The molecule has 38 heavy (non-hydrogen) atoms. The van der Waals surface area contributed by atoms with E-state index in [9.17, 15) is 14.4 Å². The number of rotatable bonds is 15. The van der Waals surface area contributed by atoms with Crippen LogP contribution < -0.4 is 10.1 Å². The summed E-state index contributed by atoms with van der Waals surface area (Å²) in [5, 5.41) is 2.83. The Balaban J connectivity index is 2.09. The van der Waals surface area contributed by atoms with Gasteiger partial charge in [0, 0.05) is 5.56 Å². The molecule has 0 spiro atoms. The lowest BCUT2D eigenvalue weighted by Crippen LogP contribution is -2.20. The van der Waals surface area contributed by atoms with Gasteiger partial charge in [0.25, 0.3) is 5.91 Å². The Kier molecular flexibility index (Phi) is 13.1. The maximum absolute atomic E-state index is 13.0. The van der Waals surface area contributed by atoms with Crippen LogP contribution in [-0.4, -0.2) is 30.1 Å². The molecule has 2 aromatic rings. The van der Waals surface area contributed by atoms with Gasteiger partial charge in [0.2, 0.25) is 5.76 Å². The number of benzene rings is 2. The van der Waals surface area contributed by atoms with Crippen LogP contribution in [0.25, 0.3) is 0 Å². The third-order valence-corrected chi connectivity index (χ3v) is 5.54. The van der Waals surface area contributed by atoms with Gasteiger partial charge in [-0.1, -0.05) is 63.3 Å². The van der Waals surface area contributed by atoms with Gasteiger partial charge in [-0.2, -0.15) is 0 Å². The van der Waals surface area contributed by atoms with Crippen molar-refractivity contribution in [3.05, 3.63) is 71.5 Å². The Hall–Kier alpha value is -3.61. The molecule has 0 unspecified atom stereocenters. The highest BCUT2D eigenvalue weighted by atomic mass is 16.6. The van der Waals surface area contributed by atoms with Gasteiger partial charge in [0.1, 0.15) is 0 Å². The van der Waals surface area contributed by atoms with Crippen molar-refractivity contribution >= 4 is 23.5 Å². The number of amides is 1. The SMILES string of the molecule is CCCCCCCCc1ccc(C(=O)Nc2ccccc2O/C(=C\C(=O)OC(C)C)C(=O)OC(C)C)cc1. The minimum atomic E-state index is -0.817. The number of aryl methyl sites for hydroxylation is 1. The van der Waals surface area contributed by atoms with Gasteiger partial charge < -0.3 is 19.5 Å². The maximum atomic E-state index is 13.0. The highest BCUT2D eigenvalue weighted by Crippen LogP contribution is 2.27. The number of nitrogens with one attached hydrogen (secondary N) is 1. The molecule has 0 atom stereocenters. The van der Waals surface area contributed by atoms with Gasteiger partial charge in [-0.15, -0.1) is 0 Å². The second kappa shape index (κ2) is 16.3. The summed E-state index contributed by atoms with van der Waals surface area (Å²) in [5.74, 6) is -2.03. The monoisotopic (exact) mass is 523 g/mol. The van der Waals surface area contributed by atoms with E-state index in [4.69, 9.17) is 14.2 Å². The summed E-state index contributed by atoms with van der Waals surface area (Å²) in [6.45, 7) is 8.99. The van der Waals surface area contributed by atoms with Gasteiger partial charge in [-0.05, 0) is 70.4 Å². The van der Waals surface area contributed by atoms with Crippen LogP contribution in [0.4, 0.5) is 5.69 Å².